The van der Waals surface area contributed by atoms with Gasteiger partial charge in [0.25, 0.3) is 0 Å². The van der Waals surface area contributed by atoms with Crippen molar-refractivity contribution in [2.45, 2.75) is 19.3 Å². The van der Waals surface area contributed by atoms with Crippen molar-refractivity contribution < 1.29 is 14.3 Å². The van der Waals surface area contributed by atoms with Gasteiger partial charge in [-0.15, -0.1) is 0 Å². The molecule has 2 fully saturated rings. The first-order chi connectivity index (χ1) is 9.66. The molecule has 20 heavy (non-hydrogen) atoms. The van der Waals surface area contributed by atoms with E-state index in [1.54, 1.807) is 16.8 Å². The van der Waals surface area contributed by atoms with Crippen molar-refractivity contribution in [1.29, 1.82) is 0 Å². The number of morpholine rings is 1. The first-order valence-corrected chi connectivity index (χ1v) is 7.47. The molecule has 0 radical (unpaired) electrons. The van der Waals surface area contributed by atoms with E-state index >= 15 is 0 Å². The zero-order valence-electron chi connectivity index (χ0n) is 12.3. The van der Waals surface area contributed by atoms with Crippen LogP contribution in [-0.4, -0.2) is 74.6 Å². The molecule has 2 amide bonds. The molecule has 0 aromatic rings. The number of nitrogens with one attached hydrogen (secondary N) is 1. The number of ether oxygens (including phenoxy) is 1. The molecule has 2 saturated heterocycles. The van der Waals surface area contributed by atoms with E-state index in [0.717, 1.165) is 25.9 Å². The third kappa shape index (κ3) is 4.45. The third-order valence-electron chi connectivity index (χ3n) is 4.09. The van der Waals surface area contributed by atoms with Crippen molar-refractivity contribution in [2.24, 2.45) is 5.92 Å². The molecule has 0 saturated carbocycles. The molecule has 2 rings (SSSR count). The van der Waals surface area contributed by atoms with Gasteiger partial charge in [-0.25, -0.2) is 0 Å². The Bertz CT molecular complexity index is 337. The summed E-state index contributed by atoms with van der Waals surface area (Å²) in [4.78, 5) is 27.4. The second-order valence-electron chi connectivity index (χ2n) is 5.64. The molecule has 0 bridgehead atoms. The molecule has 2 aliphatic heterocycles. The van der Waals surface area contributed by atoms with Crippen LogP contribution in [-0.2, 0) is 14.3 Å². The van der Waals surface area contributed by atoms with Gasteiger partial charge in [0.15, 0.2) is 0 Å². The molecule has 6 heteroatoms. The topological polar surface area (TPSA) is 61.9 Å². The van der Waals surface area contributed by atoms with Crippen LogP contribution in [0.5, 0.6) is 0 Å². The first-order valence-electron chi connectivity index (χ1n) is 7.47. The van der Waals surface area contributed by atoms with E-state index in [0.29, 0.717) is 38.6 Å². The summed E-state index contributed by atoms with van der Waals surface area (Å²) in [5, 5.41) is 3.30. The maximum Gasteiger partial charge on any atom is 0.242 e. The highest BCUT2D eigenvalue weighted by atomic mass is 16.5. The van der Waals surface area contributed by atoms with Gasteiger partial charge in [-0.2, -0.15) is 0 Å². The van der Waals surface area contributed by atoms with Crippen molar-refractivity contribution in [1.82, 2.24) is 15.1 Å². The summed E-state index contributed by atoms with van der Waals surface area (Å²) in [6.07, 6.45) is 2.62. The predicted octanol–water partition coefficient (Wildman–Crippen LogP) is -0.307. The molecule has 2 heterocycles. The van der Waals surface area contributed by atoms with E-state index in [2.05, 4.69) is 5.32 Å². The second kappa shape index (κ2) is 7.59. The summed E-state index contributed by atoms with van der Waals surface area (Å²) in [6, 6.07) is 0. The van der Waals surface area contributed by atoms with Crippen LogP contribution in [0.2, 0.25) is 0 Å². The number of hydrogen-bond acceptors (Lipinski definition) is 4. The predicted molar refractivity (Wildman–Crippen MR) is 75.2 cm³/mol. The third-order valence-corrected chi connectivity index (χ3v) is 4.09. The molecule has 0 aliphatic carbocycles. The molecular formula is C14H25N3O3. The Morgan fingerprint density at radius 3 is 2.75 bits per heavy atom. The fourth-order valence-corrected chi connectivity index (χ4v) is 2.68. The van der Waals surface area contributed by atoms with E-state index in [1.807, 2.05) is 0 Å². The number of carbonyl (C=O) groups excluding carboxylic acids is 2. The molecule has 6 nitrogen and oxygen atoms in total. The zero-order chi connectivity index (χ0) is 14.4. The van der Waals surface area contributed by atoms with Gasteiger partial charge in [0, 0.05) is 26.6 Å². The van der Waals surface area contributed by atoms with Crippen molar-refractivity contribution in [2.75, 3.05) is 53.0 Å². The van der Waals surface area contributed by atoms with Crippen LogP contribution in [0.25, 0.3) is 0 Å². The minimum absolute atomic E-state index is 0.0201. The van der Waals surface area contributed by atoms with Gasteiger partial charge in [-0.3, -0.25) is 9.59 Å². The normalized spacial score (nSPS) is 22.9. The second-order valence-corrected chi connectivity index (χ2v) is 5.64. The summed E-state index contributed by atoms with van der Waals surface area (Å²) >= 11 is 0. The summed E-state index contributed by atoms with van der Waals surface area (Å²) in [6.45, 7) is 4.72. The molecule has 0 spiro atoms. The molecule has 114 valence electrons. The fraction of sp³-hybridized carbons (Fsp3) is 0.857. The standard InChI is InChI=1S/C14H25N3O3/c1-16(11-14(19)17-6-8-20-9-7-17)13(18)3-2-12-4-5-15-10-12/h12,15H,2-11H2,1H3. The average Bonchev–Trinajstić information content (AvgIpc) is 2.98. The average molecular weight is 283 g/mol. The Kier molecular flexibility index (Phi) is 5.79. The molecule has 0 aromatic carbocycles. The number of amides is 2. The van der Waals surface area contributed by atoms with Crippen LogP contribution in [0.4, 0.5) is 0 Å². The maximum absolute atomic E-state index is 12.0. The Morgan fingerprint density at radius 2 is 2.10 bits per heavy atom. The van der Waals surface area contributed by atoms with Crippen LogP contribution in [0.15, 0.2) is 0 Å². The first kappa shape index (κ1) is 15.3. The Hall–Kier alpha value is -1.14. The molecule has 1 unspecified atom stereocenters. The van der Waals surface area contributed by atoms with E-state index in [1.165, 1.54) is 0 Å². The number of rotatable bonds is 5. The van der Waals surface area contributed by atoms with Crippen LogP contribution in [0.1, 0.15) is 19.3 Å². The smallest absolute Gasteiger partial charge is 0.242 e. The van der Waals surface area contributed by atoms with Crippen LogP contribution in [0.3, 0.4) is 0 Å². The van der Waals surface area contributed by atoms with Crippen LogP contribution < -0.4 is 5.32 Å². The van der Waals surface area contributed by atoms with E-state index < -0.39 is 0 Å². The van der Waals surface area contributed by atoms with Gasteiger partial charge in [-0.05, 0) is 31.8 Å². The molecule has 1 atom stereocenters. The van der Waals surface area contributed by atoms with E-state index in [4.69, 9.17) is 4.74 Å². The molecular weight excluding hydrogens is 258 g/mol. The zero-order valence-corrected chi connectivity index (χ0v) is 12.3. The van der Waals surface area contributed by atoms with Crippen molar-refractivity contribution in [3.63, 3.8) is 0 Å². The molecule has 2 aliphatic rings. The largest absolute Gasteiger partial charge is 0.378 e. The maximum atomic E-state index is 12.0. The highest BCUT2D eigenvalue weighted by molar-refractivity contribution is 5.84. The number of hydrogen-bond donors (Lipinski definition) is 1. The summed E-state index contributed by atoms with van der Waals surface area (Å²) in [5.41, 5.74) is 0. The van der Waals surface area contributed by atoms with Crippen molar-refractivity contribution >= 4 is 11.8 Å². The van der Waals surface area contributed by atoms with E-state index in [9.17, 15) is 9.59 Å². The Balaban J connectivity index is 1.68. The summed E-state index contributed by atoms with van der Waals surface area (Å²) in [7, 11) is 1.72. The quantitative estimate of drug-likeness (QED) is 0.752. The van der Waals surface area contributed by atoms with Crippen molar-refractivity contribution in [3.05, 3.63) is 0 Å². The van der Waals surface area contributed by atoms with E-state index in [-0.39, 0.29) is 18.4 Å². The van der Waals surface area contributed by atoms with Crippen LogP contribution >= 0.6 is 0 Å². The Morgan fingerprint density at radius 1 is 1.35 bits per heavy atom. The lowest BCUT2D eigenvalue weighted by Crippen LogP contribution is -2.46. The summed E-state index contributed by atoms with van der Waals surface area (Å²) < 4.78 is 5.22. The Labute approximate surface area is 120 Å². The lowest BCUT2D eigenvalue weighted by atomic mass is 10.0. The number of carbonyl (C=O) groups is 2. The number of likely N-dealkylation sites (N-methyl/N-ethyl adjacent to an activating group) is 1. The minimum Gasteiger partial charge on any atom is -0.378 e. The highest BCUT2D eigenvalue weighted by Gasteiger charge is 2.21. The number of nitrogens with zero attached hydrogens (tertiary/aromatic N) is 2. The van der Waals surface area contributed by atoms with Gasteiger partial charge >= 0.3 is 0 Å². The van der Waals surface area contributed by atoms with Gasteiger partial charge in [-0.1, -0.05) is 0 Å². The monoisotopic (exact) mass is 283 g/mol. The van der Waals surface area contributed by atoms with Crippen molar-refractivity contribution in [3.8, 4) is 0 Å². The SMILES string of the molecule is CN(CC(=O)N1CCOCC1)C(=O)CCC1CCNC1. The van der Waals surface area contributed by atoms with Gasteiger partial charge in [0.1, 0.15) is 0 Å². The van der Waals surface area contributed by atoms with Gasteiger partial charge < -0.3 is 19.9 Å². The molecule has 1 N–H and O–H groups in total. The lowest BCUT2D eigenvalue weighted by molar-refractivity contribution is -0.142. The summed E-state index contributed by atoms with van der Waals surface area (Å²) in [5.74, 6) is 0.701. The van der Waals surface area contributed by atoms with Gasteiger partial charge in [0.05, 0.1) is 19.8 Å². The fourth-order valence-electron chi connectivity index (χ4n) is 2.68. The highest BCUT2D eigenvalue weighted by Crippen LogP contribution is 2.14. The minimum atomic E-state index is 0.0201. The lowest BCUT2D eigenvalue weighted by Gasteiger charge is -2.28. The molecule has 0 aromatic heterocycles. The van der Waals surface area contributed by atoms with Gasteiger partial charge in [0.2, 0.25) is 11.8 Å². The van der Waals surface area contributed by atoms with Crippen LogP contribution in [0, 0.1) is 5.92 Å².